The monoisotopic (exact) mass is 285 g/mol. The molecule has 3 heteroatoms. The number of rotatable bonds is 6. The molecule has 2 rings (SSSR count). The van der Waals surface area contributed by atoms with Crippen molar-refractivity contribution in [3.05, 3.63) is 59.2 Å². The Morgan fingerprint density at radius 3 is 2.52 bits per heavy atom. The molecular formula is C18H23NO2. The molecule has 0 atom stereocenters. The van der Waals surface area contributed by atoms with E-state index in [0.29, 0.717) is 11.8 Å². The van der Waals surface area contributed by atoms with E-state index >= 15 is 0 Å². The fraction of sp³-hybridized carbons (Fsp3) is 0.333. The van der Waals surface area contributed by atoms with Gasteiger partial charge in [-0.1, -0.05) is 44.2 Å². The first kappa shape index (κ1) is 15.5. The topological polar surface area (TPSA) is 41.5 Å². The molecule has 0 unspecified atom stereocenters. The molecule has 0 amide bonds. The van der Waals surface area contributed by atoms with Crippen LogP contribution in [0.3, 0.4) is 0 Å². The van der Waals surface area contributed by atoms with Gasteiger partial charge in [-0.2, -0.15) is 0 Å². The number of hydrogen-bond donors (Lipinski definition) is 2. The summed E-state index contributed by atoms with van der Waals surface area (Å²) in [6.45, 7) is 7.14. The summed E-state index contributed by atoms with van der Waals surface area (Å²) >= 11 is 0. The lowest BCUT2D eigenvalue weighted by molar-refractivity contribution is 0.276. The molecule has 0 aliphatic heterocycles. The zero-order valence-corrected chi connectivity index (χ0v) is 12.9. The maximum absolute atomic E-state index is 9.34. The molecule has 0 aliphatic rings. The number of para-hydroxylation sites is 1. The second-order valence-electron chi connectivity index (χ2n) is 5.50. The van der Waals surface area contributed by atoms with Crippen molar-refractivity contribution in [3.63, 3.8) is 0 Å². The Balaban J connectivity index is 2.14. The second kappa shape index (κ2) is 7.25. The molecule has 0 saturated carbocycles. The van der Waals surface area contributed by atoms with Gasteiger partial charge in [0.15, 0.2) is 0 Å². The fourth-order valence-corrected chi connectivity index (χ4v) is 2.11. The Kier molecular flexibility index (Phi) is 5.37. The van der Waals surface area contributed by atoms with Crippen molar-refractivity contribution in [1.29, 1.82) is 0 Å². The van der Waals surface area contributed by atoms with Crippen LogP contribution in [0.25, 0.3) is 0 Å². The average molecular weight is 285 g/mol. The molecule has 0 fully saturated rings. The average Bonchev–Trinajstić information content (AvgIpc) is 2.48. The minimum atomic E-state index is -0.0222. The van der Waals surface area contributed by atoms with E-state index in [0.717, 1.165) is 23.4 Å². The van der Waals surface area contributed by atoms with Gasteiger partial charge in [-0.3, -0.25) is 0 Å². The van der Waals surface area contributed by atoms with Gasteiger partial charge in [-0.25, -0.2) is 0 Å². The van der Waals surface area contributed by atoms with E-state index < -0.39 is 0 Å². The van der Waals surface area contributed by atoms with Gasteiger partial charge < -0.3 is 15.2 Å². The summed E-state index contributed by atoms with van der Waals surface area (Å²) in [5.74, 6) is 1.53. The number of aliphatic hydroxyl groups is 1. The van der Waals surface area contributed by atoms with E-state index in [9.17, 15) is 5.11 Å². The molecular weight excluding hydrogens is 262 g/mol. The van der Waals surface area contributed by atoms with Crippen LogP contribution in [-0.2, 0) is 13.2 Å². The lowest BCUT2D eigenvalue weighted by Crippen LogP contribution is -2.21. The highest BCUT2D eigenvalue weighted by atomic mass is 16.5. The molecule has 2 N–H and O–H groups in total. The van der Waals surface area contributed by atoms with Crippen LogP contribution in [0.4, 0.5) is 0 Å². The van der Waals surface area contributed by atoms with Crippen molar-refractivity contribution in [1.82, 2.24) is 5.32 Å². The first-order valence-corrected chi connectivity index (χ1v) is 7.29. The fourth-order valence-electron chi connectivity index (χ4n) is 2.11. The maximum Gasteiger partial charge on any atom is 0.132 e. The lowest BCUT2D eigenvalue weighted by Gasteiger charge is -2.13. The predicted molar refractivity (Wildman–Crippen MR) is 85.6 cm³/mol. The van der Waals surface area contributed by atoms with Crippen LogP contribution in [0.1, 0.15) is 30.5 Å². The van der Waals surface area contributed by atoms with Crippen LogP contribution in [0.5, 0.6) is 11.5 Å². The molecule has 2 aromatic carbocycles. The molecule has 0 spiro atoms. The van der Waals surface area contributed by atoms with Gasteiger partial charge in [0.1, 0.15) is 11.5 Å². The molecule has 2 aromatic rings. The van der Waals surface area contributed by atoms with Gasteiger partial charge in [0.25, 0.3) is 0 Å². The van der Waals surface area contributed by atoms with E-state index in [2.05, 4.69) is 31.3 Å². The van der Waals surface area contributed by atoms with E-state index in [1.165, 1.54) is 5.56 Å². The lowest BCUT2D eigenvalue weighted by atomic mass is 10.1. The maximum atomic E-state index is 9.34. The molecule has 0 radical (unpaired) electrons. The Bertz CT molecular complexity index is 594. The van der Waals surface area contributed by atoms with Gasteiger partial charge in [0, 0.05) is 18.2 Å². The standard InChI is InChI=1S/C18H23NO2/c1-13(2)19-11-15-8-9-17(14(3)10-15)21-18-7-5-4-6-16(18)12-20/h4-10,13,19-20H,11-12H2,1-3H3. The highest BCUT2D eigenvalue weighted by Gasteiger charge is 2.06. The zero-order chi connectivity index (χ0) is 15.2. The minimum Gasteiger partial charge on any atom is -0.457 e. The van der Waals surface area contributed by atoms with Crippen LogP contribution in [-0.4, -0.2) is 11.1 Å². The summed E-state index contributed by atoms with van der Waals surface area (Å²) in [4.78, 5) is 0. The molecule has 0 aromatic heterocycles. The molecule has 3 nitrogen and oxygen atoms in total. The highest BCUT2D eigenvalue weighted by Crippen LogP contribution is 2.28. The van der Waals surface area contributed by atoms with Crippen molar-refractivity contribution in [2.75, 3.05) is 0 Å². The van der Waals surface area contributed by atoms with Crippen LogP contribution >= 0.6 is 0 Å². The van der Waals surface area contributed by atoms with Crippen LogP contribution < -0.4 is 10.1 Å². The number of hydrogen-bond acceptors (Lipinski definition) is 3. The summed E-state index contributed by atoms with van der Waals surface area (Å²) in [5.41, 5.74) is 3.12. The third-order valence-corrected chi connectivity index (χ3v) is 3.32. The molecule has 0 bridgehead atoms. The quantitative estimate of drug-likeness (QED) is 0.848. The molecule has 112 valence electrons. The predicted octanol–water partition coefficient (Wildman–Crippen LogP) is 3.78. The smallest absolute Gasteiger partial charge is 0.132 e. The van der Waals surface area contributed by atoms with Gasteiger partial charge in [-0.05, 0) is 30.2 Å². The molecule has 0 heterocycles. The molecule has 0 aliphatic carbocycles. The van der Waals surface area contributed by atoms with Gasteiger partial charge in [-0.15, -0.1) is 0 Å². The summed E-state index contributed by atoms with van der Waals surface area (Å²) in [6, 6.07) is 14.2. The van der Waals surface area contributed by atoms with Gasteiger partial charge in [0.05, 0.1) is 6.61 Å². The van der Waals surface area contributed by atoms with E-state index in [4.69, 9.17) is 4.74 Å². The molecule has 21 heavy (non-hydrogen) atoms. The number of nitrogens with one attached hydrogen (secondary N) is 1. The highest BCUT2D eigenvalue weighted by molar-refractivity contribution is 5.42. The third-order valence-electron chi connectivity index (χ3n) is 3.32. The Morgan fingerprint density at radius 1 is 1.10 bits per heavy atom. The summed E-state index contributed by atoms with van der Waals surface area (Å²) < 4.78 is 5.93. The zero-order valence-electron chi connectivity index (χ0n) is 12.9. The van der Waals surface area contributed by atoms with Crippen molar-refractivity contribution in [2.45, 2.75) is 40.0 Å². The van der Waals surface area contributed by atoms with Crippen LogP contribution in [0.15, 0.2) is 42.5 Å². The number of aliphatic hydroxyl groups excluding tert-OH is 1. The summed E-state index contributed by atoms with van der Waals surface area (Å²) in [6.07, 6.45) is 0. The number of aryl methyl sites for hydroxylation is 1. The number of ether oxygens (including phenoxy) is 1. The SMILES string of the molecule is Cc1cc(CNC(C)C)ccc1Oc1ccccc1CO. The third kappa shape index (κ3) is 4.31. The first-order chi connectivity index (χ1) is 10.1. The minimum absolute atomic E-state index is 0.0222. The van der Waals surface area contributed by atoms with Crippen molar-refractivity contribution in [3.8, 4) is 11.5 Å². The Morgan fingerprint density at radius 2 is 1.86 bits per heavy atom. The van der Waals surface area contributed by atoms with Crippen molar-refractivity contribution >= 4 is 0 Å². The van der Waals surface area contributed by atoms with Crippen LogP contribution in [0.2, 0.25) is 0 Å². The van der Waals surface area contributed by atoms with E-state index in [-0.39, 0.29) is 6.61 Å². The second-order valence-corrected chi connectivity index (χ2v) is 5.50. The summed E-state index contributed by atoms with van der Waals surface area (Å²) in [7, 11) is 0. The van der Waals surface area contributed by atoms with Crippen molar-refractivity contribution in [2.24, 2.45) is 0 Å². The van der Waals surface area contributed by atoms with Crippen LogP contribution in [0, 0.1) is 6.92 Å². The Hall–Kier alpha value is -1.84. The summed E-state index contributed by atoms with van der Waals surface area (Å²) in [5, 5.41) is 12.7. The number of benzene rings is 2. The largest absolute Gasteiger partial charge is 0.457 e. The normalized spacial score (nSPS) is 10.9. The molecule has 0 saturated heterocycles. The Labute approximate surface area is 126 Å². The van der Waals surface area contributed by atoms with Crippen molar-refractivity contribution < 1.29 is 9.84 Å². The van der Waals surface area contributed by atoms with E-state index in [1.54, 1.807) is 0 Å². The van der Waals surface area contributed by atoms with Gasteiger partial charge >= 0.3 is 0 Å². The first-order valence-electron chi connectivity index (χ1n) is 7.29. The van der Waals surface area contributed by atoms with E-state index in [1.807, 2.05) is 37.3 Å². The van der Waals surface area contributed by atoms with Gasteiger partial charge in [0.2, 0.25) is 0 Å².